The molecule has 0 saturated heterocycles. The average Bonchev–Trinajstić information content (AvgIpc) is 2.99. The molecule has 4 rings (SSSR count). The highest BCUT2D eigenvalue weighted by Gasteiger charge is 2.22. The molecule has 7 nitrogen and oxygen atoms in total. The van der Waals surface area contributed by atoms with Crippen molar-refractivity contribution in [3.8, 4) is 0 Å². The minimum atomic E-state index is 0.689. The van der Waals surface area contributed by atoms with Crippen LogP contribution in [0.4, 0.5) is 0 Å². The van der Waals surface area contributed by atoms with Crippen LogP contribution in [0.5, 0.6) is 0 Å². The van der Waals surface area contributed by atoms with Gasteiger partial charge in [-0.05, 0) is 19.3 Å². The summed E-state index contributed by atoms with van der Waals surface area (Å²) >= 11 is 0. The van der Waals surface area contributed by atoms with Crippen molar-refractivity contribution >= 4 is 0 Å². The summed E-state index contributed by atoms with van der Waals surface area (Å²) in [6.45, 7) is 4.65. The second-order valence-corrected chi connectivity index (χ2v) is 6.71. The van der Waals surface area contributed by atoms with Gasteiger partial charge in [0, 0.05) is 38.6 Å². The maximum absolute atomic E-state index is 4.44. The Hall–Kier alpha value is -1.73. The van der Waals surface area contributed by atoms with Crippen molar-refractivity contribution in [2.45, 2.75) is 57.9 Å². The quantitative estimate of drug-likeness (QED) is 0.894. The van der Waals surface area contributed by atoms with Crippen molar-refractivity contribution < 1.29 is 0 Å². The van der Waals surface area contributed by atoms with Gasteiger partial charge in [-0.15, -0.1) is 10.2 Å². The van der Waals surface area contributed by atoms with Gasteiger partial charge in [-0.1, -0.05) is 6.42 Å². The fourth-order valence-corrected chi connectivity index (χ4v) is 3.34. The zero-order valence-electron chi connectivity index (χ0n) is 13.8. The zero-order valence-corrected chi connectivity index (χ0v) is 13.8. The normalized spacial score (nSPS) is 19.3. The Morgan fingerprint density at radius 3 is 2.83 bits per heavy atom. The van der Waals surface area contributed by atoms with Gasteiger partial charge in [-0.25, -0.2) is 4.98 Å². The zero-order chi connectivity index (χ0) is 15.6. The number of aromatic nitrogens is 5. The molecule has 23 heavy (non-hydrogen) atoms. The first-order valence-corrected chi connectivity index (χ1v) is 8.62. The standard InChI is InChI=1S/C16H25N7/c1-21-9-6-17-15(21)11-22-7-3-8-23-14(19-20-16(23)12-22)10-18-13-4-2-5-13/h6,9,13,18H,2-5,7-8,10-12H2,1H3. The van der Waals surface area contributed by atoms with Gasteiger partial charge in [0.25, 0.3) is 0 Å². The van der Waals surface area contributed by atoms with Crippen molar-refractivity contribution in [3.63, 3.8) is 0 Å². The summed E-state index contributed by atoms with van der Waals surface area (Å²) in [6.07, 6.45) is 8.96. The molecule has 1 saturated carbocycles. The van der Waals surface area contributed by atoms with Crippen LogP contribution in [0.1, 0.15) is 43.2 Å². The highest BCUT2D eigenvalue weighted by atomic mass is 15.3. The molecule has 0 atom stereocenters. The van der Waals surface area contributed by atoms with Crippen LogP contribution in [-0.4, -0.2) is 41.8 Å². The molecule has 1 aliphatic carbocycles. The van der Waals surface area contributed by atoms with Crippen molar-refractivity contribution in [2.75, 3.05) is 6.54 Å². The fourth-order valence-electron chi connectivity index (χ4n) is 3.34. The van der Waals surface area contributed by atoms with E-state index in [1.165, 1.54) is 19.3 Å². The van der Waals surface area contributed by atoms with Gasteiger partial charge in [0.2, 0.25) is 0 Å². The molecule has 1 aliphatic heterocycles. The second-order valence-electron chi connectivity index (χ2n) is 6.71. The fraction of sp³-hybridized carbons (Fsp3) is 0.688. The van der Waals surface area contributed by atoms with Crippen LogP contribution < -0.4 is 5.32 Å². The Bertz CT molecular complexity index is 655. The summed E-state index contributed by atoms with van der Waals surface area (Å²) in [7, 11) is 2.05. The third kappa shape index (κ3) is 3.16. The molecule has 1 N–H and O–H groups in total. The third-order valence-corrected chi connectivity index (χ3v) is 5.07. The lowest BCUT2D eigenvalue weighted by atomic mass is 9.93. The van der Waals surface area contributed by atoms with Crippen molar-refractivity contribution in [3.05, 3.63) is 29.9 Å². The van der Waals surface area contributed by atoms with Gasteiger partial charge in [-0.2, -0.15) is 0 Å². The molecule has 1 fully saturated rings. The van der Waals surface area contributed by atoms with Crippen LogP contribution in [0.2, 0.25) is 0 Å². The van der Waals surface area contributed by atoms with Crippen molar-refractivity contribution in [1.29, 1.82) is 0 Å². The number of nitrogens with one attached hydrogen (secondary N) is 1. The van der Waals surface area contributed by atoms with Crippen LogP contribution in [0.15, 0.2) is 12.4 Å². The first kappa shape index (κ1) is 14.8. The molecule has 2 aromatic heterocycles. The number of hydrogen-bond acceptors (Lipinski definition) is 5. The van der Waals surface area contributed by atoms with Gasteiger partial charge in [0.05, 0.1) is 19.6 Å². The summed E-state index contributed by atoms with van der Waals surface area (Å²) in [5.41, 5.74) is 0. The molecule has 0 unspecified atom stereocenters. The molecular weight excluding hydrogens is 290 g/mol. The summed E-state index contributed by atoms with van der Waals surface area (Å²) in [5.74, 6) is 3.28. The maximum Gasteiger partial charge on any atom is 0.147 e. The Morgan fingerprint density at radius 1 is 1.17 bits per heavy atom. The van der Waals surface area contributed by atoms with Crippen LogP contribution in [0, 0.1) is 0 Å². The van der Waals surface area contributed by atoms with E-state index < -0.39 is 0 Å². The molecule has 124 valence electrons. The Kier molecular flexibility index (Phi) is 4.13. The molecule has 3 heterocycles. The molecule has 0 spiro atoms. The SMILES string of the molecule is Cn1ccnc1CN1CCCn2c(CNC3CCC3)nnc2C1. The largest absolute Gasteiger partial charge is 0.337 e. The summed E-state index contributed by atoms with van der Waals surface area (Å²) in [4.78, 5) is 6.85. The summed E-state index contributed by atoms with van der Waals surface area (Å²) in [6, 6.07) is 0.689. The minimum absolute atomic E-state index is 0.689. The van der Waals surface area contributed by atoms with Gasteiger partial charge < -0.3 is 14.5 Å². The molecule has 2 aliphatic rings. The van der Waals surface area contributed by atoms with Crippen LogP contribution in [0.25, 0.3) is 0 Å². The van der Waals surface area contributed by atoms with Gasteiger partial charge in [0.15, 0.2) is 0 Å². The van der Waals surface area contributed by atoms with E-state index in [-0.39, 0.29) is 0 Å². The van der Waals surface area contributed by atoms with Gasteiger partial charge in [-0.3, -0.25) is 4.90 Å². The number of hydrogen-bond donors (Lipinski definition) is 1. The summed E-state index contributed by atoms with van der Waals surface area (Å²) < 4.78 is 4.40. The lowest BCUT2D eigenvalue weighted by molar-refractivity contribution is 0.249. The Morgan fingerprint density at radius 2 is 2.09 bits per heavy atom. The molecule has 7 heteroatoms. The number of nitrogens with zero attached hydrogens (tertiary/aromatic N) is 6. The number of imidazole rings is 1. The van der Waals surface area contributed by atoms with Crippen molar-refractivity contribution in [1.82, 2.24) is 34.5 Å². The highest BCUT2D eigenvalue weighted by Crippen LogP contribution is 2.19. The smallest absolute Gasteiger partial charge is 0.147 e. The summed E-state index contributed by atoms with van der Waals surface area (Å²) in [5, 5.41) is 12.5. The first-order chi connectivity index (χ1) is 11.3. The Balaban J connectivity index is 1.42. The van der Waals surface area contributed by atoms with E-state index in [1.807, 2.05) is 19.4 Å². The molecule has 2 aromatic rings. The van der Waals surface area contributed by atoms with E-state index >= 15 is 0 Å². The predicted octanol–water partition coefficient (Wildman–Crippen LogP) is 1.06. The van der Waals surface area contributed by atoms with E-state index in [1.54, 1.807) is 0 Å². The third-order valence-electron chi connectivity index (χ3n) is 5.07. The van der Waals surface area contributed by atoms with E-state index in [2.05, 4.69) is 34.5 Å². The Labute approximate surface area is 136 Å². The van der Waals surface area contributed by atoms with E-state index in [9.17, 15) is 0 Å². The van der Waals surface area contributed by atoms with E-state index in [0.717, 1.165) is 56.6 Å². The number of fused-ring (bicyclic) bond motifs is 1. The van der Waals surface area contributed by atoms with Crippen LogP contribution in [0.3, 0.4) is 0 Å². The lowest BCUT2D eigenvalue weighted by Crippen LogP contribution is -2.35. The predicted molar refractivity (Wildman–Crippen MR) is 86.4 cm³/mol. The van der Waals surface area contributed by atoms with Crippen LogP contribution >= 0.6 is 0 Å². The lowest BCUT2D eigenvalue weighted by Gasteiger charge is -2.26. The second kappa shape index (κ2) is 6.41. The molecular formula is C16H25N7. The highest BCUT2D eigenvalue weighted by molar-refractivity contribution is 5.00. The molecule has 0 bridgehead atoms. The maximum atomic E-state index is 4.44. The first-order valence-electron chi connectivity index (χ1n) is 8.62. The average molecular weight is 315 g/mol. The van der Waals surface area contributed by atoms with E-state index in [0.29, 0.717) is 6.04 Å². The number of rotatable bonds is 5. The monoisotopic (exact) mass is 315 g/mol. The van der Waals surface area contributed by atoms with Crippen molar-refractivity contribution in [2.24, 2.45) is 7.05 Å². The van der Waals surface area contributed by atoms with Crippen LogP contribution in [-0.2, 0) is 33.2 Å². The van der Waals surface area contributed by atoms with Gasteiger partial charge >= 0.3 is 0 Å². The molecule has 0 radical (unpaired) electrons. The topological polar surface area (TPSA) is 63.8 Å². The molecule has 0 amide bonds. The number of aryl methyl sites for hydroxylation is 1. The van der Waals surface area contributed by atoms with E-state index in [4.69, 9.17) is 0 Å². The van der Waals surface area contributed by atoms with Gasteiger partial charge in [0.1, 0.15) is 17.5 Å². The minimum Gasteiger partial charge on any atom is -0.337 e. The molecule has 0 aromatic carbocycles.